The number of hydrogen-bond donors (Lipinski definition) is 0. The van der Waals surface area contributed by atoms with Gasteiger partial charge in [0, 0.05) is 12.6 Å². The second-order valence-electron chi connectivity index (χ2n) is 5.47. The summed E-state index contributed by atoms with van der Waals surface area (Å²) in [5, 5.41) is 0. The van der Waals surface area contributed by atoms with Crippen LogP contribution in [0.1, 0.15) is 43.5 Å². The van der Waals surface area contributed by atoms with Gasteiger partial charge in [-0.25, -0.2) is 4.79 Å². The van der Waals surface area contributed by atoms with Crippen molar-refractivity contribution in [3.63, 3.8) is 0 Å². The van der Waals surface area contributed by atoms with Crippen molar-refractivity contribution in [2.24, 2.45) is 0 Å². The smallest absolute Gasteiger partial charge is 0.338 e. The highest BCUT2D eigenvalue weighted by Crippen LogP contribution is 2.17. The fraction of sp³-hybridized carbons (Fsp3) is 0.529. The van der Waals surface area contributed by atoms with Crippen LogP contribution in [0, 0.1) is 0 Å². The van der Waals surface area contributed by atoms with Gasteiger partial charge in [-0.15, -0.1) is 0 Å². The molecule has 0 bridgehead atoms. The zero-order chi connectivity index (χ0) is 15.9. The Morgan fingerprint density at radius 2 is 1.95 bits per heavy atom. The number of piperidine rings is 1. The number of esters is 1. The van der Waals surface area contributed by atoms with Crippen LogP contribution in [0.25, 0.3) is 0 Å². The molecule has 0 saturated carbocycles. The summed E-state index contributed by atoms with van der Waals surface area (Å²) in [6.07, 6.45) is 3.30. The summed E-state index contributed by atoms with van der Waals surface area (Å²) in [6.45, 7) is 5.03. The Hall–Kier alpha value is -2.04. The lowest BCUT2D eigenvalue weighted by molar-refractivity contribution is -0.136. The standard InChI is InChI=1S/C17H23NO4/c1-3-21-17(20)14-7-9-15(10-8-14)22-12-16(19)18-11-5-4-6-13(18)2/h7-10,13H,3-6,11-12H2,1-2H3. The minimum Gasteiger partial charge on any atom is -0.484 e. The fourth-order valence-corrected chi connectivity index (χ4v) is 2.60. The molecule has 5 nitrogen and oxygen atoms in total. The SMILES string of the molecule is CCOC(=O)c1ccc(OCC(=O)N2CCCCC2C)cc1. The lowest BCUT2D eigenvalue weighted by atomic mass is 10.0. The number of hydrogen-bond acceptors (Lipinski definition) is 4. The second kappa shape index (κ2) is 7.82. The normalized spacial score (nSPS) is 17.9. The molecule has 1 aliphatic rings. The van der Waals surface area contributed by atoms with Gasteiger partial charge in [0.15, 0.2) is 6.61 Å². The van der Waals surface area contributed by atoms with E-state index in [0.29, 0.717) is 17.9 Å². The highest BCUT2D eigenvalue weighted by Gasteiger charge is 2.23. The van der Waals surface area contributed by atoms with E-state index in [1.54, 1.807) is 31.2 Å². The zero-order valence-corrected chi connectivity index (χ0v) is 13.2. The van der Waals surface area contributed by atoms with E-state index in [1.165, 1.54) is 6.42 Å². The first-order valence-corrected chi connectivity index (χ1v) is 7.81. The predicted molar refractivity (Wildman–Crippen MR) is 82.9 cm³/mol. The van der Waals surface area contributed by atoms with Crippen molar-refractivity contribution in [3.05, 3.63) is 29.8 Å². The molecule has 0 N–H and O–H groups in total. The van der Waals surface area contributed by atoms with Crippen LogP contribution in [0.2, 0.25) is 0 Å². The number of benzene rings is 1. The summed E-state index contributed by atoms with van der Waals surface area (Å²) in [5.74, 6) is 0.236. The van der Waals surface area contributed by atoms with Crippen molar-refractivity contribution >= 4 is 11.9 Å². The third-order valence-electron chi connectivity index (χ3n) is 3.85. The maximum Gasteiger partial charge on any atom is 0.338 e. The van der Waals surface area contributed by atoms with Gasteiger partial charge in [0.1, 0.15) is 5.75 Å². The number of carbonyl (C=O) groups excluding carboxylic acids is 2. The Bertz CT molecular complexity index is 512. The highest BCUT2D eigenvalue weighted by atomic mass is 16.5. The fourth-order valence-electron chi connectivity index (χ4n) is 2.60. The number of ether oxygens (including phenoxy) is 2. The minimum atomic E-state index is -0.354. The van der Waals surface area contributed by atoms with Crippen LogP contribution < -0.4 is 4.74 Å². The molecule has 5 heteroatoms. The Kier molecular flexibility index (Phi) is 5.81. The molecule has 1 aromatic rings. The Morgan fingerprint density at radius 1 is 1.23 bits per heavy atom. The zero-order valence-electron chi connectivity index (χ0n) is 13.2. The summed E-state index contributed by atoms with van der Waals surface area (Å²) in [4.78, 5) is 25.6. The number of nitrogens with zero attached hydrogens (tertiary/aromatic N) is 1. The van der Waals surface area contributed by atoms with E-state index in [-0.39, 0.29) is 24.5 Å². The molecule has 2 rings (SSSR count). The van der Waals surface area contributed by atoms with Gasteiger partial charge in [-0.05, 0) is 57.4 Å². The number of likely N-dealkylation sites (tertiary alicyclic amines) is 1. The van der Waals surface area contributed by atoms with Crippen molar-refractivity contribution in [3.8, 4) is 5.75 Å². The van der Waals surface area contributed by atoms with E-state index in [9.17, 15) is 9.59 Å². The third kappa shape index (κ3) is 4.23. The van der Waals surface area contributed by atoms with Crippen LogP contribution in [0.4, 0.5) is 0 Å². The number of rotatable bonds is 5. The molecular weight excluding hydrogens is 282 g/mol. The molecule has 1 unspecified atom stereocenters. The van der Waals surface area contributed by atoms with Crippen molar-refractivity contribution in [2.75, 3.05) is 19.8 Å². The van der Waals surface area contributed by atoms with Crippen LogP contribution >= 0.6 is 0 Å². The maximum atomic E-state index is 12.2. The van der Waals surface area contributed by atoms with Gasteiger partial charge in [-0.3, -0.25) is 4.79 Å². The molecule has 1 fully saturated rings. The average molecular weight is 305 g/mol. The van der Waals surface area contributed by atoms with Crippen molar-refractivity contribution in [2.45, 2.75) is 39.2 Å². The molecule has 22 heavy (non-hydrogen) atoms. The monoisotopic (exact) mass is 305 g/mol. The number of carbonyl (C=O) groups is 2. The third-order valence-corrected chi connectivity index (χ3v) is 3.85. The van der Waals surface area contributed by atoms with E-state index in [1.807, 2.05) is 4.90 Å². The van der Waals surface area contributed by atoms with Gasteiger partial charge in [0.05, 0.1) is 12.2 Å². The molecule has 120 valence electrons. The highest BCUT2D eigenvalue weighted by molar-refractivity contribution is 5.89. The van der Waals surface area contributed by atoms with Crippen LogP contribution in [0.3, 0.4) is 0 Å². The maximum absolute atomic E-state index is 12.2. The molecule has 1 amide bonds. The molecular formula is C17H23NO4. The van der Waals surface area contributed by atoms with E-state index in [4.69, 9.17) is 9.47 Å². The summed E-state index contributed by atoms with van der Waals surface area (Å²) in [5.41, 5.74) is 0.477. The van der Waals surface area contributed by atoms with Crippen molar-refractivity contribution in [1.29, 1.82) is 0 Å². The molecule has 1 atom stereocenters. The van der Waals surface area contributed by atoms with Crippen LogP contribution in [0.5, 0.6) is 5.75 Å². The van der Waals surface area contributed by atoms with Crippen molar-refractivity contribution < 1.29 is 19.1 Å². The van der Waals surface area contributed by atoms with Gasteiger partial charge < -0.3 is 14.4 Å². The Balaban J connectivity index is 1.86. The molecule has 0 radical (unpaired) electrons. The average Bonchev–Trinajstić information content (AvgIpc) is 2.54. The number of amides is 1. The van der Waals surface area contributed by atoms with Gasteiger partial charge >= 0.3 is 5.97 Å². The van der Waals surface area contributed by atoms with Crippen LogP contribution in [-0.4, -0.2) is 42.6 Å². The Labute approximate surface area is 131 Å². The summed E-state index contributed by atoms with van der Waals surface area (Å²) >= 11 is 0. The topological polar surface area (TPSA) is 55.8 Å². The Morgan fingerprint density at radius 3 is 2.59 bits per heavy atom. The van der Waals surface area contributed by atoms with Gasteiger partial charge in [0.2, 0.25) is 0 Å². The van der Waals surface area contributed by atoms with E-state index < -0.39 is 0 Å². The van der Waals surface area contributed by atoms with Crippen LogP contribution in [-0.2, 0) is 9.53 Å². The first-order chi connectivity index (χ1) is 10.6. The van der Waals surface area contributed by atoms with E-state index >= 15 is 0 Å². The largest absolute Gasteiger partial charge is 0.484 e. The lowest BCUT2D eigenvalue weighted by Crippen LogP contribution is -2.44. The molecule has 0 aromatic heterocycles. The molecule has 1 saturated heterocycles. The first-order valence-electron chi connectivity index (χ1n) is 7.81. The lowest BCUT2D eigenvalue weighted by Gasteiger charge is -2.33. The summed E-state index contributed by atoms with van der Waals surface area (Å²) in [7, 11) is 0. The van der Waals surface area contributed by atoms with E-state index in [2.05, 4.69) is 6.92 Å². The predicted octanol–water partition coefficient (Wildman–Crippen LogP) is 2.64. The molecule has 0 spiro atoms. The van der Waals surface area contributed by atoms with Gasteiger partial charge in [-0.2, -0.15) is 0 Å². The second-order valence-corrected chi connectivity index (χ2v) is 5.47. The summed E-state index contributed by atoms with van der Waals surface area (Å²) in [6, 6.07) is 6.93. The van der Waals surface area contributed by atoms with Crippen LogP contribution in [0.15, 0.2) is 24.3 Å². The van der Waals surface area contributed by atoms with Gasteiger partial charge in [-0.1, -0.05) is 0 Å². The summed E-state index contributed by atoms with van der Waals surface area (Å²) < 4.78 is 10.4. The minimum absolute atomic E-state index is 0.0154. The molecule has 1 aromatic carbocycles. The molecule has 1 aliphatic heterocycles. The van der Waals surface area contributed by atoms with E-state index in [0.717, 1.165) is 19.4 Å². The van der Waals surface area contributed by atoms with Crippen molar-refractivity contribution in [1.82, 2.24) is 4.90 Å². The first kappa shape index (κ1) is 16.3. The van der Waals surface area contributed by atoms with Gasteiger partial charge in [0.25, 0.3) is 5.91 Å². The molecule has 0 aliphatic carbocycles. The quantitative estimate of drug-likeness (QED) is 0.785. The molecule has 1 heterocycles.